The zero-order valence-electron chi connectivity index (χ0n) is 23.4. The number of fused-ring (bicyclic) bond motifs is 4. The molecular weight excluding hydrogens is 448 g/mol. The molecule has 4 bridgehead atoms. The van der Waals surface area contributed by atoms with Crippen LogP contribution in [0.25, 0.3) is 10.9 Å². The SMILES string of the molecule is C/C=C1/CN2[C@H]3C[C@@H]1C(CO[Si](C(C)C)(C(C)C)C(C)C)[C@@H]2Cc1c3n(C)c2cc(OC)ccc12. The number of allylic oxidation sites excluding steroid dienone is 1. The van der Waals surface area contributed by atoms with E-state index in [4.69, 9.17) is 9.16 Å². The molecule has 1 aromatic carbocycles. The second-order valence-electron chi connectivity index (χ2n) is 12.3. The fourth-order valence-corrected chi connectivity index (χ4v) is 14.1. The molecule has 1 aromatic heterocycles. The minimum absolute atomic E-state index is 0.513. The number of ether oxygens (including phenoxy) is 1. The molecule has 4 aliphatic heterocycles. The highest BCUT2D eigenvalue weighted by molar-refractivity contribution is 6.77. The lowest BCUT2D eigenvalue weighted by Crippen LogP contribution is -2.62. The molecule has 5 atom stereocenters. The molecule has 3 saturated heterocycles. The maximum Gasteiger partial charge on any atom is 0.200 e. The van der Waals surface area contributed by atoms with Crippen molar-refractivity contribution in [1.82, 2.24) is 9.47 Å². The zero-order valence-corrected chi connectivity index (χ0v) is 24.4. The smallest absolute Gasteiger partial charge is 0.200 e. The Morgan fingerprint density at radius 1 is 1.09 bits per heavy atom. The average molecular weight is 495 g/mol. The lowest BCUT2D eigenvalue weighted by molar-refractivity contribution is -0.0498. The largest absolute Gasteiger partial charge is 0.497 e. The molecule has 4 aliphatic rings. The molecule has 0 saturated carbocycles. The van der Waals surface area contributed by atoms with E-state index >= 15 is 0 Å². The van der Waals surface area contributed by atoms with Crippen LogP contribution >= 0.6 is 0 Å². The summed E-state index contributed by atoms with van der Waals surface area (Å²) in [7, 11) is 2.13. The normalized spacial score (nSPS) is 29.1. The molecule has 192 valence electrons. The van der Waals surface area contributed by atoms with Crippen LogP contribution in [0.4, 0.5) is 0 Å². The fourth-order valence-electron chi connectivity index (χ4n) is 8.58. The second kappa shape index (κ2) is 9.07. The summed E-state index contributed by atoms with van der Waals surface area (Å²) in [5.41, 5.74) is 7.95. The van der Waals surface area contributed by atoms with Gasteiger partial charge in [0.25, 0.3) is 0 Å². The summed E-state index contributed by atoms with van der Waals surface area (Å²) in [5.74, 6) is 2.16. The number of hydrogen-bond donors (Lipinski definition) is 0. The van der Waals surface area contributed by atoms with Crippen LogP contribution in [0, 0.1) is 11.8 Å². The van der Waals surface area contributed by atoms with Gasteiger partial charge in [-0.25, -0.2) is 0 Å². The van der Waals surface area contributed by atoms with Crippen LogP contribution in [0.15, 0.2) is 29.8 Å². The van der Waals surface area contributed by atoms with Crippen LogP contribution in [0.1, 0.15) is 72.2 Å². The van der Waals surface area contributed by atoms with Crippen LogP contribution in [0.2, 0.25) is 16.6 Å². The molecule has 0 spiro atoms. The summed E-state index contributed by atoms with van der Waals surface area (Å²) >= 11 is 0. The van der Waals surface area contributed by atoms with Gasteiger partial charge in [0, 0.05) is 49.3 Å². The van der Waals surface area contributed by atoms with Gasteiger partial charge in [0.1, 0.15) is 5.75 Å². The predicted molar refractivity (Wildman–Crippen MR) is 149 cm³/mol. The zero-order chi connectivity index (χ0) is 25.2. The van der Waals surface area contributed by atoms with Gasteiger partial charge < -0.3 is 13.7 Å². The van der Waals surface area contributed by atoms with E-state index in [1.807, 2.05) is 0 Å². The van der Waals surface area contributed by atoms with Crippen LogP contribution in [-0.2, 0) is 17.9 Å². The maximum atomic E-state index is 7.26. The number of aryl methyl sites for hydroxylation is 1. The summed E-state index contributed by atoms with van der Waals surface area (Å²) in [4.78, 5) is 2.84. The van der Waals surface area contributed by atoms with E-state index in [0.717, 1.165) is 25.3 Å². The average Bonchev–Trinajstić information content (AvgIpc) is 3.10. The number of benzene rings is 1. The van der Waals surface area contributed by atoms with Crippen molar-refractivity contribution in [2.24, 2.45) is 18.9 Å². The molecule has 0 aliphatic carbocycles. The van der Waals surface area contributed by atoms with Gasteiger partial charge in [-0.1, -0.05) is 53.2 Å². The van der Waals surface area contributed by atoms with Crippen molar-refractivity contribution < 1.29 is 9.16 Å². The standard InChI is InChI=1S/C30H46N2O2Si/c1-10-21-16-32-28-15-25-23-12-11-22(33-9)13-27(23)31(8)30(25)29(32)14-24(21)26(28)17-34-35(18(2)3,19(4)5)20(6)7/h10-13,18-20,24,26,28-29H,14-17H2,1-9H3/b21-10-/t24-,26?,28-,29-/m0/s1. The van der Waals surface area contributed by atoms with E-state index < -0.39 is 8.32 Å². The van der Waals surface area contributed by atoms with E-state index in [2.05, 4.69) is 89.3 Å². The molecule has 0 amide bonds. The summed E-state index contributed by atoms with van der Waals surface area (Å²) in [6.45, 7) is 18.8. The quantitative estimate of drug-likeness (QED) is 0.300. The molecule has 6 rings (SSSR count). The molecule has 2 unspecified atom stereocenters. The first-order valence-corrected chi connectivity index (χ1v) is 16.0. The van der Waals surface area contributed by atoms with Crippen molar-refractivity contribution >= 4 is 19.2 Å². The van der Waals surface area contributed by atoms with Gasteiger partial charge in [-0.2, -0.15) is 0 Å². The van der Waals surface area contributed by atoms with Gasteiger partial charge in [0.2, 0.25) is 0 Å². The van der Waals surface area contributed by atoms with Gasteiger partial charge in [-0.15, -0.1) is 0 Å². The lowest BCUT2D eigenvalue weighted by Gasteiger charge is -2.59. The predicted octanol–water partition coefficient (Wildman–Crippen LogP) is 7.24. The molecular formula is C30H46N2O2Si. The van der Waals surface area contributed by atoms with Gasteiger partial charge in [0.15, 0.2) is 8.32 Å². The third-order valence-corrected chi connectivity index (χ3v) is 16.1. The lowest BCUT2D eigenvalue weighted by atomic mass is 9.64. The number of rotatable bonds is 7. The molecule has 4 nitrogen and oxygen atoms in total. The van der Waals surface area contributed by atoms with Crippen molar-refractivity contribution in [1.29, 1.82) is 0 Å². The topological polar surface area (TPSA) is 26.6 Å². The second-order valence-corrected chi connectivity index (χ2v) is 17.7. The van der Waals surface area contributed by atoms with Crippen molar-refractivity contribution in [3.63, 3.8) is 0 Å². The number of nitrogens with zero attached hydrogens (tertiary/aromatic N) is 2. The fraction of sp³-hybridized carbons (Fsp3) is 0.667. The van der Waals surface area contributed by atoms with E-state index in [0.29, 0.717) is 40.5 Å². The van der Waals surface area contributed by atoms with E-state index in [1.165, 1.54) is 17.3 Å². The van der Waals surface area contributed by atoms with Gasteiger partial charge in [0.05, 0.1) is 18.7 Å². The summed E-state index contributed by atoms with van der Waals surface area (Å²) in [5, 5.41) is 1.41. The van der Waals surface area contributed by atoms with Crippen LogP contribution in [0.3, 0.4) is 0 Å². The van der Waals surface area contributed by atoms with E-state index in [1.54, 1.807) is 23.9 Å². The Hall–Kier alpha value is -1.56. The highest BCUT2D eigenvalue weighted by atomic mass is 28.4. The first-order chi connectivity index (χ1) is 16.6. The van der Waals surface area contributed by atoms with Gasteiger partial charge in [-0.3, -0.25) is 4.90 Å². The number of methoxy groups -OCH3 is 1. The number of hydrogen-bond acceptors (Lipinski definition) is 3. The number of piperidine rings is 3. The molecule has 0 N–H and O–H groups in total. The van der Waals surface area contributed by atoms with E-state index in [9.17, 15) is 0 Å². The Morgan fingerprint density at radius 3 is 2.37 bits per heavy atom. The summed E-state index contributed by atoms with van der Waals surface area (Å²) in [6.07, 6.45) is 4.76. The monoisotopic (exact) mass is 494 g/mol. The van der Waals surface area contributed by atoms with Crippen molar-refractivity contribution in [3.8, 4) is 5.75 Å². The molecule has 2 aromatic rings. The van der Waals surface area contributed by atoms with Crippen LogP contribution < -0.4 is 4.74 Å². The Morgan fingerprint density at radius 2 is 1.77 bits per heavy atom. The van der Waals surface area contributed by atoms with Crippen molar-refractivity contribution in [2.75, 3.05) is 20.3 Å². The Balaban J connectivity index is 1.54. The Bertz CT molecular complexity index is 1110. The third-order valence-electron chi connectivity index (χ3n) is 10.1. The first-order valence-electron chi connectivity index (χ1n) is 13.9. The first kappa shape index (κ1) is 25.1. The Kier molecular flexibility index (Phi) is 6.51. The van der Waals surface area contributed by atoms with Gasteiger partial charge in [-0.05, 0) is 60.0 Å². The summed E-state index contributed by atoms with van der Waals surface area (Å²) < 4.78 is 15.3. The molecule has 5 heterocycles. The molecule has 0 radical (unpaired) electrons. The molecule has 5 heteroatoms. The Labute approximate surface area is 213 Å². The molecule has 35 heavy (non-hydrogen) atoms. The van der Waals surface area contributed by atoms with Gasteiger partial charge >= 0.3 is 0 Å². The summed E-state index contributed by atoms with van der Waals surface area (Å²) in [6, 6.07) is 7.72. The maximum absolute atomic E-state index is 7.26. The highest BCUT2D eigenvalue weighted by Gasteiger charge is 2.54. The van der Waals surface area contributed by atoms with Crippen molar-refractivity contribution in [2.45, 2.75) is 90.0 Å². The van der Waals surface area contributed by atoms with E-state index in [-0.39, 0.29) is 0 Å². The van der Waals surface area contributed by atoms with Crippen molar-refractivity contribution in [3.05, 3.63) is 41.1 Å². The minimum atomic E-state index is -1.89. The molecule has 3 fully saturated rings. The van der Waals surface area contributed by atoms with Crippen LogP contribution in [-0.4, -0.2) is 44.1 Å². The number of aromatic nitrogens is 1. The van der Waals surface area contributed by atoms with Crippen LogP contribution in [0.5, 0.6) is 5.75 Å². The third kappa shape index (κ3) is 3.59. The minimum Gasteiger partial charge on any atom is -0.497 e. The highest BCUT2D eigenvalue weighted by Crippen LogP contribution is 2.55.